The summed E-state index contributed by atoms with van der Waals surface area (Å²) >= 11 is 0. The number of fused-ring (bicyclic) bond motifs is 4. The van der Waals surface area contributed by atoms with Crippen molar-refractivity contribution < 1.29 is 191 Å². The third kappa shape index (κ3) is 13.4. The minimum absolute atomic E-state index is 0. The maximum absolute atomic E-state index is 14.4. The fourth-order valence-corrected chi connectivity index (χ4v) is 17.0. The molecule has 5 heterocycles. The van der Waals surface area contributed by atoms with Gasteiger partial charge in [0.05, 0.1) is 43.4 Å². The van der Waals surface area contributed by atoms with E-state index in [-0.39, 0.29) is 89.1 Å². The fraction of sp³-hybridized carbons (Fsp3) is 0.889. The monoisotopic (exact) mass is 1290 g/mol. The zero-order valence-corrected chi connectivity index (χ0v) is 55.7. The molecule has 8 N–H and O–H groups in total. The Hall–Kier alpha value is -0.320. The van der Waals surface area contributed by atoms with Gasteiger partial charge in [-0.1, -0.05) is 44.9 Å². The number of aliphatic hydroxyl groups excluding tert-OH is 8. The minimum Gasteiger partial charge on any atom is -0.726 e. The van der Waals surface area contributed by atoms with Crippen LogP contribution in [0.4, 0.5) is 0 Å². The van der Waals surface area contributed by atoms with Gasteiger partial charge in [-0.3, -0.25) is 18.0 Å². The topological polar surface area (TPSA) is 421 Å². The van der Waals surface area contributed by atoms with Crippen LogP contribution >= 0.6 is 0 Å². The number of Topliss-reactive ketones (excluding diaryl/α,β-unsaturated/α-hetero) is 1. The van der Waals surface area contributed by atoms with Gasteiger partial charge in [-0.2, -0.15) is 0 Å². The molecule has 4 aliphatic carbocycles. The first-order chi connectivity index (χ1) is 39.1. The van der Waals surface area contributed by atoms with Crippen LogP contribution < -0.4 is 59.1 Å². The molecule has 0 aromatic heterocycles. The SMILES string of the molecule is C=C(C)CCCC1(C)OC(=O)[C@]23CC=C4C(CCC5C(C)(C)C(O[C@@H]6OC[C@@H](OS(=O)(=O)[O-])C(O)C6O[C@@H]6OC(C)[C@@H](O[C@@H]7OC(COS(=O)(=O)[O-])[C@@H](O)C(O[C@@H]8OC(CO)[C@@H](O)C(OC)C8O)C7O)C(O)C6O)CC[C@]45C)C2(C)CC(=O)[C@H]13.[Na+].[Na+]. The zero-order valence-electron chi connectivity index (χ0n) is 50.1. The van der Waals surface area contributed by atoms with Crippen molar-refractivity contribution in [3.8, 4) is 0 Å². The number of ketones is 1. The summed E-state index contributed by atoms with van der Waals surface area (Å²) in [6.45, 7) is 14.8. The van der Waals surface area contributed by atoms with E-state index in [9.17, 15) is 76.4 Å². The zero-order chi connectivity index (χ0) is 61.8. The van der Waals surface area contributed by atoms with Gasteiger partial charge in [-0.05, 0) is 100 Å². The largest absolute Gasteiger partial charge is 1.00 e. The standard InChI is InChI=1S/C54H84O28S2.2Na/c1-23(2)11-10-16-53(8)44-27(56)19-52(7)26-12-13-31-50(4,5)32(15-17-51(31,6)25(26)14-18-54(44,52)49(64)81-53)77-48-43(35(59)30(21-72-48)82-84(68,69)70)80-45-37(61)36(60)40(24(3)74-45)78-47-39(63)42(34(58)29(76-47)22-73-83(65,66)67)79-46-38(62)41(71-9)33(57)28(20-55)75-46;;/h14,24,26,28-48,55,57-63H,1,10-13,15-22H2,2-9H3,(H,65,66,67)(H,68,69,70);;/q;2*+1/p-2/t24?,26?,28?,29?,30-,31?,32?,33-,34-,35?,36?,37?,38?,39?,40-,41?,42?,43?,44-,45+,46+,47+,48+,51-,52?,53?,54-;;/m1../s1. The van der Waals surface area contributed by atoms with E-state index in [0.29, 0.717) is 38.5 Å². The van der Waals surface area contributed by atoms with E-state index >= 15 is 0 Å². The molecule has 5 aliphatic heterocycles. The molecule has 8 fully saturated rings. The Labute approximate surface area is 544 Å². The average molecular weight is 1290 g/mol. The van der Waals surface area contributed by atoms with Crippen molar-refractivity contribution in [1.29, 1.82) is 0 Å². The summed E-state index contributed by atoms with van der Waals surface area (Å²) in [6.07, 6.45) is -28.5. The van der Waals surface area contributed by atoms with Gasteiger partial charge in [0, 0.05) is 13.5 Å². The van der Waals surface area contributed by atoms with Crippen LogP contribution in [-0.4, -0.2) is 234 Å². The summed E-state index contributed by atoms with van der Waals surface area (Å²) < 4.78 is 138. The Morgan fingerprint density at radius 3 is 1.97 bits per heavy atom. The second-order valence-corrected chi connectivity index (χ2v) is 27.8. The second-order valence-electron chi connectivity index (χ2n) is 25.8. The van der Waals surface area contributed by atoms with Gasteiger partial charge >= 0.3 is 65.1 Å². The molecule has 9 aliphatic rings. The molecule has 16 unspecified atom stereocenters. The maximum atomic E-state index is 14.4. The van der Waals surface area contributed by atoms with Crippen molar-refractivity contribution in [2.75, 3.05) is 26.9 Å². The summed E-state index contributed by atoms with van der Waals surface area (Å²) in [7, 11) is -9.78. The summed E-state index contributed by atoms with van der Waals surface area (Å²) in [6, 6.07) is 0. The molecule has 28 nitrogen and oxygen atoms in total. The quantitative estimate of drug-likeness (QED) is 0.0149. The van der Waals surface area contributed by atoms with Gasteiger partial charge in [0.1, 0.15) is 96.8 Å². The number of hydrogen-bond donors (Lipinski definition) is 8. The molecule has 27 atom stereocenters. The van der Waals surface area contributed by atoms with Crippen molar-refractivity contribution in [1.82, 2.24) is 0 Å². The molecule has 32 heteroatoms. The summed E-state index contributed by atoms with van der Waals surface area (Å²) in [5, 5.41) is 89.4. The summed E-state index contributed by atoms with van der Waals surface area (Å²) in [5.41, 5.74) is -1.58. The third-order valence-corrected chi connectivity index (χ3v) is 21.2. The average Bonchev–Trinajstić information content (AvgIpc) is 1.47. The van der Waals surface area contributed by atoms with Gasteiger partial charge in [-0.25, -0.2) is 16.8 Å². The molecule has 3 saturated carbocycles. The fourth-order valence-electron chi connectivity index (χ4n) is 16.2. The van der Waals surface area contributed by atoms with Crippen LogP contribution in [0.1, 0.15) is 106 Å². The van der Waals surface area contributed by atoms with Gasteiger partial charge in [0.25, 0.3) is 0 Å². The number of methoxy groups -OCH3 is 1. The Morgan fingerprint density at radius 2 is 1.35 bits per heavy atom. The first-order valence-corrected chi connectivity index (χ1v) is 31.2. The molecule has 0 aromatic carbocycles. The number of ether oxygens (including phenoxy) is 10. The smallest absolute Gasteiger partial charge is 0.726 e. The Bertz CT molecular complexity index is 2710. The molecule has 1 spiro atoms. The maximum Gasteiger partial charge on any atom is 1.00 e. The van der Waals surface area contributed by atoms with E-state index in [2.05, 4.69) is 34.9 Å². The predicted octanol–water partition coefficient (Wildman–Crippen LogP) is -7.23. The number of allylic oxidation sites excluding steroid dienone is 3. The second kappa shape index (κ2) is 27.2. The molecule has 0 aromatic rings. The molecule has 5 saturated heterocycles. The number of cyclic esters (lactones) is 1. The van der Waals surface area contributed by atoms with Crippen LogP contribution in [0.3, 0.4) is 0 Å². The van der Waals surface area contributed by atoms with E-state index in [1.54, 1.807) is 0 Å². The van der Waals surface area contributed by atoms with Crippen molar-refractivity contribution in [3.63, 3.8) is 0 Å². The van der Waals surface area contributed by atoms with Crippen molar-refractivity contribution in [2.24, 2.45) is 39.4 Å². The Kier molecular flexibility index (Phi) is 23.1. The Balaban J connectivity index is 0.00000529. The van der Waals surface area contributed by atoms with E-state index < -0.39 is 197 Å². The van der Waals surface area contributed by atoms with Crippen LogP contribution in [0, 0.1) is 39.4 Å². The number of carbonyl (C=O) groups is 2. The van der Waals surface area contributed by atoms with Crippen LogP contribution in [0.5, 0.6) is 0 Å². The van der Waals surface area contributed by atoms with Gasteiger partial charge in [0.15, 0.2) is 25.2 Å². The Morgan fingerprint density at radius 1 is 0.744 bits per heavy atom. The van der Waals surface area contributed by atoms with E-state index in [1.165, 1.54) is 12.5 Å². The molecular formula is C54H82Na2O28S2. The van der Waals surface area contributed by atoms with Crippen LogP contribution in [-0.2, 0) is 86.1 Å². The van der Waals surface area contributed by atoms with Crippen LogP contribution in [0.25, 0.3) is 0 Å². The van der Waals surface area contributed by atoms with Crippen LogP contribution in [0.15, 0.2) is 23.8 Å². The van der Waals surface area contributed by atoms with Crippen molar-refractivity contribution in [3.05, 3.63) is 23.8 Å². The predicted molar refractivity (Wildman–Crippen MR) is 278 cm³/mol. The van der Waals surface area contributed by atoms with Crippen molar-refractivity contribution >= 4 is 32.6 Å². The molecule has 86 heavy (non-hydrogen) atoms. The number of carbonyl (C=O) groups excluding carboxylic acids is 2. The van der Waals surface area contributed by atoms with E-state index in [1.807, 2.05) is 27.7 Å². The summed E-state index contributed by atoms with van der Waals surface area (Å²) in [4.78, 5) is 28.7. The van der Waals surface area contributed by atoms with Gasteiger partial charge < -0.3 is 97.3 Å². The summed E-state index contributed by atoms with van der Waals surface area (Å²) in [5.74, 6) is -1.02. The molecular weight excluding hydrogens is 1210 g/mol. The third-order valence-electron chi connectivity index (χ3n) is 20.3. The molecule has 0 amide bonds. The molecule has 9 rings (SSSR count). The first kappa shape index (κ1) is 73.1. The van der Waals surface area contributed by atoms with E-state index in [4.69, 9.17) is 47.4 Å². The number of rotatable bonds is 19. The van der Waals surface area contributed by atoms with Gasteiger partial charge in [-0.15, -0.1) is 6.58 Å². The van der Waals surface area contributed by atoms with Crippen molar-refractivity contribution in [2.45, 2.75) is 235 Å². The molecule has 480 valence electrons. The van der Waals surface area contributed by atoms with Gasteiger partial charge in [0.2, 0.25) is 20.8 Å². The minimum atomic E-state index is -5.47. The molecule has 0 radical (unpaired) electrons. The normalized spacial score (nSPS) is 47.4. The van der Waals surface area contributed by atoms with Crippen LogP contribution in [0.2, 0.25) is 0 Å². The number of esters is 1. The number of aliphatic hydroxyl groups is 8. The molecule has 0 bridgehead atoms. The van der Waals surface area contributed by atoms with E-state index in [0.717, 1.165) is 25.5 Å². The number of hydrogen-bond acceptors (Lipinski definition) is 28. The first-order valence-electron chi connectivity index (χ1n) is 28.5.